The summed E-state index contributed by atoms with van der Waals surface area (Å²) in [7, 11) is 0. The second kappa shape index (κ2) is 5.92. The molecule has 0 unspecified atom stereocenters. The van der Waals surface area contributed by atoms with Gasteiger partial charge in [-0.25, -0.2) is 0 Å². The van der Waals surface area contributed by atoms with Crippen LogP contribution < -0.4 is 4.74 Å². The summed E-state index contributed by atoms with van der Waals surface area (Å²) in [5.41, 5.74) is 1.50. The SMILES string of the molecule is CC(C)(C)Oc1cc(O)cc(/C=C/c2ccc(O)cc2)c1. The minimum absolute atomic E-state index is 0.169. The standard InChI is InChI=1S/C18H20O3/c1-18(2,3)21-17-11-14(10-16(20)12-17)5-4-13-6-8-15(19)9-7-13/h4-12,19-20H,1-3H3/b5-4+. The Hall–Kier alpha value is -2.42. The first-order chi connectivity index (χ1) is 9.82. The van der Waals surface area contributed by atoms with Gasteiger partial charge in [0.25, 0.3) is 0 Å². The molecular formula is C18H20O3. The number of hydrogen-bond acceptors (Lipinski definition) is 3. The van der Waals surface area contributed by atoms with Crippen LogP contribution in [0.2, 0.25) is 0 Å². The van der Waals surface area contributed by atoms with E-state index >= 15 is 0 Å². The molecule has 0 aliphatic carbocycles. The molecule has 0 amide bonds. The van der Waals surface area contributed by atoms with Crippen molar-refractivity contribution < 1.29 is 14.9 Å². The highest BCUT2D eigenvalue weighted by atomic mass is 16.5. The van der Waals surface area contributed by atoms with Crippen molar-refractivity contribution in [3.63, 3.8) is 0 Å². The molecule has 21 heavy (non-hydrogen) atoms. The van der Waals surface area contributed by atoms with E-state index in [1.807, 2.05) is 51.1 Å². The van der Waals surface area contributed by atoms with Gasteiger partial charge in [-0.2, -0.15) is 0 Å². The largest absolute Gasteiger partial charge is 0.508 e. The van der Waals surface area contributed by atoms with E-state index in [2.05, 4.69) is 0 Å². The van der Waals surface area contributed by atoms with Gasteiger partial charge in [0.15, 0.2) is 0 Å². The summed E-state index contributed by atoms with van der Waals surface area (Å²) >= 11 is 0. The lowest BCUT2D eigenvalue weighted by atomic mass is 10.1. The molecule has 0 saturated carbocycles. The van der Waals surface area contributed by atoms with E-state index in [0.717, 1.165) is 11.1 Å². The first-order valence-electron chi connectivity index (χ1n) is 6.82. The maximum Gasteiger partial charge on any atom is 0.124 e. The van der Waals surface area contributed by atoms with Crippen molar-refractivity contribution in [3.05, 3.63) is 53.6 Å². The van der Waals surface area contributed by atoms with Crippen LogP contribution in [-0.2, 0) is 0 Å². The van der Waals surface area contributed by atoms with E-state index in [0.29, 0.717) is 5.75 Å². The van der Waals surface area contributed by atoms with E-state index in [4.69, 9.17) is 4.74 Å². The van der Waals surface area contributed by atoms with Crippen molar-refractivity contribution in [1.29, 1.82) is 0 Å². The average Bonchev–Trinajstić information content (AvgIpc) is 2.35. The van der Waals surface area contributed by atoms with Gasteiger partial charge in [0.05, 0.1) is 0 Å². The van der Waals surface area contributed by atoms with Gasteiger partial charge >= 0.3 is 0 Å². The third-order valence-corrected chi connectivity index (χ3v) is 2.70. The van der Waals surface area contributed by atoms with Crippen LogP contribution in [-0.4, -0.2) is 15.8 Å². The molecule has 2 N–H and O–H groups in total. The third-order valence-electron chi connectivity index (χ3n) is 2.70. The van der Waals surface area contributed by atoms with Crippen LogP contribution >= 0.6 is 0 Å². The molecule has 0 aromatic heterocycles. The molecule has 0 fully saturated rings. The summed E-state index contributed by atoms with van der Waals surface area (Å²) in [4.78, 5) is 0. The molecule has 0 spiro atoms. The van der Waals surface area contributed by atoms with E-state index in [1.165, 1.54) is 0 Å². The summed E-state index contributed by atoms with van der Waals surface area (Å²) in [6.07, 6.45) is 3.80. The number of benzene rings is 2. The van der Waals surface area contributed by atoms with Gasteiger partial charge in [-0.15, -0.1) is 0 Å². The number of phenolic OH excluding ortho intramolecular Hbond substituents is 2. The summed E-state index contributed by atoms with van der Waals surface area (Å²) in [6.45, 7) is 5.88. The molecule has 3 nitrogen and oxygen atoms in total. The highest BCUT2D eigenvalue weighted by molar-refractivity contribution is 5.71. The van der Waals surface area contributed by atoms with Crippen molar-refractivity contribution >= 4 is 12.2 Å². The van der Waals surface area contributed by atoms with Gasteiger partial charge in [-0.05, 0) is 56.2 Å². The minimum Gasteiger partial charge on any atom is -0.508 e. The predicted molar refractivity (Wildman–Crippen MR) is 85.5 cm³/mol. The van der Waals surface area contributed by atoms with Gasteiger partial charge < -0.3 is 14.9 Å². The summed E-state index contributed by atoms with van der Waals surface area (Å²) in [5, 5.41) is 19.0. The first-order valence-corrected chi connectivity index (χ1v) is 6.82. The Morgan fingerprint density at radius 1 is 0.810 bits per heavy atom. The van der Waals surface area contributed by atoms with Crippen molar-refractivity contribution in [2.75, 3.05) is 0 Å². The number of aromatic hydroxyl groups is 2. The fourth-order valence-electron chi connectivity index (χ4n) is 1.89. The summed E-state index contributed by atoms with van der Waals surface area (Å²) in [5.74, 6) is 1.04. The zero-order valence-electron chi connectivity index (χ0n) is 12.5. The molecular weight excluding hydrogens is 264 g/mol. The Morgan fingerprint density at radius 2 is 1.43 bits per heavy atom. The van der Waals surface area contributed by atoms with Crippen LogP contribution in [0.5, 0.6) is 17.2 Å². The number of rotatable bonds is 3. The quantitative estimate of drug-likeness (QED) is 0.819. The molecule has 0 heterocycles. The Kier molecular flexibility index (Phi) is 4.22. The van der Waals surface area contributed by atoms with Crippen molar-refractivity contribution in [2.45, 2.75) is 26.4 Å². The zero-order valence-corrected chi connectivity index (χ0v) is 12.5. The Bertz CT molecular complexity index is 635. The molecule has 2 aromatic rings. The zero-order chi connectivity index (χ0) is 15.5. The predicted octanol–water partition coefficient (Wildman–Crippen LogP) is 4.45. The molecule has 0 radical (unpaired) electrons. The third kappa shape index (κ3) is 4.88. The molecule has 0 bridgehead atoms. The molecule has 3 heteroatoms. The molecule has 0 saturated heterocycles. The Morgan fingerprint density at radius 3 is 2.05 bits per heavy atom. The molecule has 2 rings (SSSR count). The average molecular weight is 284 g/mol. The van der Waals surface area contributed by atoms with Crippen LogP contribution in [0, 0.1) is 0 Å². The smallest absolute Gasteiger partial charge is 0.124 e. The monoisotopic (exact) mass is 284 g/mol. The van der Waals surface area contributed by atoms with Crippen molar-refractivity contribution in [3.8, 4) is 17.2 Å². The van der Waals surface area contributed by atoms with Crippen molar-refractivity contribution in [2.24, 2.45) is 0 Å². The Balaban J connectivity index is 2.21. The van der Waals surface area contributed by atoms with Gasteiger partial charge in [-0.1, -0.05) is 24.3 Å². The highest BCUT2D eigenvalue weighted by Crippen LogP contribution is 2.26. The van der Waals surface area contributed by atoms with E-state index in [1.54, 1.807) is 24.3 Å². The lowest BCUT2D eigenvalue weighted by molar-refractivity contribution is 0.130. The molecule has 2 aromatic carbocycles. The lowest BCUT2D eigenvalue weighted by Gasteiger charge is -2.21. The van der Waals surface area contributed by atoms with Crippen LogP contribution in [0.25, 0.3) is 12.2 Å². The second-order valence-electron chi connectivity index (χ2n) is 5.90. The van der Waals surface area contributed by atoms with Gasteiger partial charge in [0.1, 0.15) is 22.8 Å². The first kappa shape index (κ1) is 15.0. The van der Waals surface area contributed by atoms with Crippen LogP contribution in [0.4, 0.5) is 0 Å². The van der Waals surface area contributed by atoms with Crippen LogP contribution in [0.1, 0.15) is 31.9 Å². The van der Waals surface area contributed by atoms with Gasteiger partial charge in [-0.3, -0.25) is 0 Å². The normalized spacial score (nSPS) is 11.8. The lowest BCUT2D eigenvalue weighted by Crippen LogP contribution is -2.22. The van der Waals surface area contributed by atoms with Gasteiger partial charge in [0, 0.05) is 6.07 Å². The fourth-order valence-corrected chi connectivity index (χ4v) is 1.89. The number of hydrogen-bond donors (Lipinski definition) is 2. The fraction of sp³-hybridized carbons (Fsp3) is 0.222. The topological polar surface area (TPSA) is 49.7 Å². The minimum atomic E-state index is -0.314. The number of phenols is 2. The Labute approximate surface area is 125 Å². The van der Waals surface area contributed by atoms with E-state index in [9.17, 15) is 10.2 Å². The molecule has 0 aliphatic rings. The maximum absolute atomic E-state index is 9.78. The highest BCUT2D eigenvalue weighted by Gasteiger charge is 2.12. The molecule has 110 valence electrons. The second-order valence-corrected chi connectivity index (χ2v) is 5.90. The van der Waals surface area contributed by atoms with Crippen molar-refractivity contribution in [1.82, 2.24) is 0 Å². The summed E-state index contributed by atoms with van der Waals surface area (Å²) < 4.78 is 5.76. The number of ether oxygens (including phenoxy) is 1. The van der Waals surface area contributed by atoms with Crippen LogP contribution in [0.3, 0.4) is 0 Å². The van der Waals surface area contributed by atoms with E-state index < -0.39 is 0 Å². The summed E-state index contributed by atoms with van der Waals surface area (Å²) in [6, 6.07) is 12.1. The molecule has 0 atom stereocenters. The molecule has 0 aliphatic heterocycles. The van der Waals surface area contributed by atoms with Crippen LogP contribution in [0.15, 0.2) is 42.5 Å². The van der Waals surface area contributed by atoms with E-state index in [-0.39, 0.29) is 17.1 Å². The van der Waals surface area contributed by atoms with Gasteiger partial charge in [0.2, 0.25) is 0 Å². The maximum atomic E-state index is 9.78.